The third kappa shape index (κ3) is 1.54. The van der Waals surface area contributed by atoms with Crippen molar-refractivity contribution in [1.82, 2.24) is 0 Å². The quantitative estimate of drug-likeness (QED) is 0.535. The number of carbonyl (C=O) groups excluding carboxylic acids is 3. The Bertz CT molecular complexity index is 423. The van der Waals surface area contributed by atoms with E-state index in [1.165, 1.54) is 0 Å². The molecule has 1 heterocycles. The molecule has 1 aromatic rings. The zero-order valence-corrected chi connectivity index (χ0v) is 7.97. The Morgan fingerprint density at radius 1 is 1.07 bits per heavy atom. The van der Waals surface area contributed by atoms with Gasteiger partial charge >= 0.3 is 0 Å². The fourth-order valence-electron chi connectivity index (χ4n) is 1.64. The molecular formula is C11H9NO3. The van der Waals surface area contributed by atoms with Crippen LogP contribution in [0.15, 0.2) is 24.3 Å². The molecule has 0 unspecified atom stereocenters. The van der Waals surface area contributed by atoms with Crippen LogP contribution >= 0.6 is 0 Å². The van der Waals surface area contributed by atoms with Gasteiger partial charge in [-0.2, -0.15) is 0 Å². The second-order valence-electron chi connectivity index (χ2n) is 3.30. The summed E-state index contributed by atoms with van der Waals surface area (Å²) in [6.45, 7) is 0. The van der Waals surface area contributed by atoms with Crippen molar-refractivity contribution in [2.75, 3.05) is 4.90 Å². The summed E-state index contributed by atoms with van der Waals surface area (Å²) in [6.07, 6.45) is 1.10. The van der Waals surface area contributed by atoms with Gasteiger partial charge in [0.2, 0.25) is 11.8 Å². The van der Waals surface area contributed by atoms with Gasteiger partial charge < -0.3 is 0 Å². The smallest absolute Gasteiger partial charge is 0.234 e. The first kappa shape index (κ1) is 9.58. The van der Waals surface area contributed by atoms with E-state index in [9.17, 15) is 14.4 Å². The number of nitrogens with zero attached hydrogens (tertiary/aromatic N) is 1. The van der Waals surface area contributed by atoms with E-state index in [4.69, 9.17) is 0 Å². The lowest BCUT2D eigenvalue weighted by molar-refractivity contribution is -0.121. The summed E-state index contributed by atoms with van der Waals surface area (Å²) >= 11 is 0. The highest BCUT2D eigenvalue weighted by Gasteiger charge is 2.31. The molecule has 1 fully saturated rings. The number of amides is 2. The summed E-state index contributed by atoms with van der Waals surface area (Å²) in [7, 11) is 0. The molecule has 4 nitrogen and oxygen atoms in total. The van der Waals surface area contributed by atoms with E-state index in [0.29, 0.717) is 17.5 Å². The molecule has 15 heavy (non-hydrogen) atoms. The summed E-state index contributed by atoms with van der Waals surface area (Å²) in [6, 6.07) is 6.57. The summed E-state index contributed by atoms with van der Waals surface area (Å²) < 4.78 is 0. The first-order chi connectivity index (χ1) is 7.24. The standard InChI is InChI=1S/C11H9NO3/c13-7-8-3-1-2-4-9(8)12-10(14)5-6-11(12)15/h1-4,7H,5-6H2. The minimum absolute atomic E-state index is 0.228. The SMILES string of the molecule is O=Cc1ccccc1N1C(=O)CCC1=O. The average molecular weight is 203 g/mol. The molecule has 76 valence electrons. The highest BCUT2D eigenvalue weighted by atomic mass is 16.2. The second-order valence-corrected chi connectivity index (χ2v) is 3.30. The monoisotopic (exact) mass is 203 g/mol. The van der Waals surface area contributed by atoms with Gasteiger partial charge in [0.1, 0.15) is 0 Å². The minimum Gasteiger partial charge on any atom is -0.298 e. The number of hydrogen-bond donors (Lipinski definition) is 0. The van der Waals surface area contributed by atoms with E-state index in [1.54, 1.807) is 24.3 Å². The molecule has 1 saturated heterocycles. The highest BCUT2D eigenvalue weighted by Crippen LogP contribution is 2.24. The van der Waals surface area contributed by atoms with E-state index in [1.807, 2.05) is 0 Å². The van der Waals surface area contributed by atoms with Crippen molar-refractivity contribution in [1.29, 1.82) is 0 Å². The largest absolute Gasteiger partial charge is 0.298 e. The molecule has 0 atom stereocenters. The minimum atomic E-state index is -0.241. The number of para-hydroxylation sites is 1. The van der Waals surface area contributed by atoms with Crippen molar-refractivity contribution in [3.05, 3.63) is 29.8 Å². The van der Waals surface area contributed by atoms with Crippen molar-refractivity contribution in [3.63, 3.8) is 0 Å². The first-order valence-electron chi connectivity index (χ1n) is 4.64. The maximum atomic E-state index is 11.4. The Morgan fingerprint density at radius 2 is 1.67 bits per heavy atom. The van der Waals surface area contributed by atoms with E-state index < -0.39 is 0 Å². The molecule has 0 N–H and O–H groups in total. The Labute approximate surface area is 86.5 Å². The average Bonchev–Trinajstić information content (AvgIpc) is 2.59. The van der Waals surface area contributed by atoms with Crippen LogP contribution in [0, 0.1) is 0 Å². The number of rotatable bonds is 2. The fourth-order valence-corrected chi connectivity index (χ4v) is 1.64. The molecule has 0 spiro atoms. The topological polar surface area (TPSA) is 54.5 Å². The van der Waals surface area contributed by atoms with Gasteiger partial charge in [0, 0.05) is 18.4 Å². The van der Waals surface area contributed by atoms with Crippen molar-refractivity contribution in [2.45, 2.75) is 12.8 Å². The first-order valence-corrected chi connectivity index (χ1v) is 4.64. The van der Waals surface area contributed by atoms with E-state index >= 15 is 0 Å². The lowest BCUT2D eigenvalue weighted by Gasteiger charge is -2.15. The molecule has 0 aliphatic carbocycles. The maximum Gasteiger partial charge on any atom is 0.234 e. The van der Waals surface area contributed by atoms with Crippen LogP contribution in [0.2, 0.25) is 0 Å². The van der Waals surface area contributed by atoms with Crippen LogP contribution < -0.4 is 4.90 Å². The Kier molecular flexibility index (Phi) is 2.33. The fraction of sp³-hybridized carbons (Fsp3) is 0.182. The van der Waals surface area contributed by atoms with Crippen LogP contribution in [0.1, 0.15) is 23.2 Å². The molecule has 0 bridgehead atoms. The number of aldehydes is 1. The third-order valence-electron chi connectivity index (χ3n) is 2.36. The van der Waals surface area contributed by atoms with E-state index in [2.05, 4.69) is 0 Å². The lowest BCUT2D eigenvalue weighted by atomic mass is 10.2. The molecule has 2 rings (SSSR count). The van der Waals surface area contributed by atoms with Crippen molar-refractivity contribution >= 4 is 23.8 Å². The molecule has 1 aromatic carbocycles. The zero-order valence-electron chi connectivity index (χ0n) is 7.97. The number of imide groups is 1. The number of anilines is 1. The van der Waals surface area contributed by atoms with Crippen molar-refractivity contribution < 1.29 is 14.4 Å². The Morgan fingerprint density at radius 3 is 2.27 bits per heavy atom. The summed E-state index contributed by atoms with van der Waals surface area (Å²) in [4.78, 5) is 34.7. The molecule has 0 aromatic heterocycles. The van der Waals surface area contributed by atoms with Gasteiger partial charge in [0.05, 0.1) is 5.69 Å². The van der Waals surface area contributed by atoms with Crippen LogP contribution in [0.3, 0.4) is 0 Å². The highest BCUT2D eigenvalue weighted by molar-refractivity contribution is 6.21. The van der Waals surface area contributed by atoms with E-state index in [0.717, 1.165) is 4.90 Å². The summed E-state index contributed by atoms with van der Waals surface area (Å²) in [5, 5.41) is 0. The Hall–Kier alpha value is -1.97. The van der Waals surface area contributed by atoms with Gasteiger partial charge in [0.25, 0.3) is 0 Å². The van der Waals surface area contributed by atoms with Crippen LogP contribution in [0.4, 0.5) is 5.69 Å². The summed E-state index contributed by atoms with van der Waals surface area (Å²) in [5.41, 5.74) is 0.751. The molecule has 0 saturated carbocycles. The van der Waals surface area contributed by atoms with Crippen LogP contribution in [-0.4, -0.2) is 18.1 Å². The Balaban J connectivity index is 2.48. The third-order valence-corrected chi connectivity index (χ3v) is 2.36. The molecular weight excluding hydrogens is 194 g/mol. The predicted octanol–water partition coefficient (Wildman–Crippen LogP) is 1.15. The molecule has 2 amide bonds. The number of hydrogen-bond acceptors (Lipinski definition) is 3. The van der Waals surface area contributed by atoms with Gasteiger partial charge in [0.15, 0.2) is 6.29 Å². The van der Waals surface area contributed by atoms with E-state index in [-0.39, 0.29) is 24.7 Å². The molecule has 1 aliphatic heterocycles. The van der Waals surface area contributed by atoms with Gasteiger partial charge in [-0.25, -0.2) is 4.90 Å². The number of carbonyl (C=O) groups is 3. The summed E-state index contributed by atoms with van der Waals surface area (Å²) in [5.74, 6) is -0.483. The van der Waals surface area contributed by atoms with Gasteiger partial charge in [-0.1, -0.05) is 12.1 Å². The van der Waals surface area contributed by atoms with Gasteiger partial charge in [-0.15, -0.1) is 0 Å². The van der Waals surface area contributed by atoms with Crippen LogP contribution in [0.25, 0.3) is 0 Å². The number of benzene rings is 1. The zero-order chi connectivity index (χ0) is 10.8. The normalized spacial score (nSPS) is 15.9. The molecule has 0 radical (unpaired) electrons. The van der Waals surface area contributed by atoms with Crippen LogP contribution in [-0.2, 0) is 9.59 Å². The lowest BCUT2D eigenvalue weighted by Crippen LogP contribution is -2.29. The predicted molar refractivity (Wildman–Crippen MR) is 53.6 cm³/mol. The molecule has 4 heteroatoms. The van der Waals surface area contributed by atoms with Crippen molar-refractivity contribution in [3.8, 4) is 0 Å². The van der Waals surface area contributed by atoms with Crippen LogP contribution in [0.5, 0.6) is 0 Å². The van der Waals surface area contributed by atoms with Crippen molar-refractivity contribution in [2.24, 2.45) is 0 Å². The maximum absolute atomic E-state index is 11.4. The van der Waals surface area contributed by atoms with Gasteiger partial charge in [-0.3, -0.25) is 14.4 Å². The molecule has 1 aliphatic rings. The van der Waals surface area contributed by atoms with Gasteiger partial charge in [-0.05, 0) is 12.1 Å². The second kappa shape index (κ2) is 3.65.